The lowest BCUT2D eigenvalue weighted by Gasteiger charge is -2.26. The molecule has 0 saturated heterocycles. The van der Waals surface area contributed by atoms with Crippen LogP contribution in [0.25, 0.3) is 0 Å². The highest BCUT2D eigenvalue weighted by Gasteiger charge is 2.19. The molecule has 10 heteroatoms. The van der Waals surface area contributed by atoms with Crippen LogP contribution in [0.15, 0.2) is 54.9 Å². The van der Waals surface area contributed by atoms with E-state index in [4.69, 9.17) is 16.3 Å². The molecule has 194 valence electrons. The maximum absolute atomic E-state index is 13.7. The minimum atomic E-state index is -0.706. The molecule has 0 aliphatic rings. The number of anilines is 1. The van der Waals surface area contributed by atoms with Gasteiger partial charge in [-0.15, -0.1) is 0 Å². The van der Waals surface area contributed by atoms with E-state index in [0.29, 0.717) is 17.9 Å². The molecule has 0 heterocycles. The zero-order valence-corrected chi connectivity index (χ0v) is 21.5. The van der Waals surface area contributed by atoms with Crippen molar-refractivity contribution in [1.29, 1.82) is 0 Å². The molecule has 0 aliphatic heterocycles. The van der Waals surface area contributed by atoms with Gasteiger partial charge in [-0.1, -0.05) is 23.7 Å². The Labute approximate surface area is 215 Å². The number of amides is 2. The summed E-state index contributed by atoms with van der Waals surface area (Å²) in [6.45, 7) is 9.76. The van der Waals surface area contributed by atoms with E-state index in [0.717, 1.165) is 0 Å². The third-order valence-electron chi connectivity index (χ3n) is 4.72. The van der Waals surface area contributed by atoms with Crippen LogP contribution in [0, 0.1) is 5.82 Å². The Morgan fingerprint density at radius 3 is 2.50 bits per heavy atom. The van der Waals surface area contributed by atoms with Gasteiger partial charge in [0.25, 0.3) is 5.91 Å². The fraction of sp³-hybridized carbons (Fsp3) is 0.346. The monoisotopic (exact) mass is 519 g/mol. The maximum atomic E-state index is 13.7. The van der Waals surface area contributed by atoms with Crippen molar-refractivity contribution >= 4 is 35.1 Å². The third-order valence-corrected chi connectivity index (χ3v) is 5.05. The first kappa shape index (κ1) is 28.6. The number of carbonyl (C=O) groups is 3. The van der Waals surface area contributed by atoms with Crippen LogP contribution in [0.2, 0.25) is 5.02 Å². The fourth-order valence-corrected chi connectivity index (χ4v) is 3.36. The van der Waals surface area contributed by atoms with Crippen molar-refractivity contribution in [2.45, 2.75) is 45.3 Å². The molecule has 8 nitrogen and oxygen atoms in total. The maximum Gasteiger partial charge on any atom is 0.315 e. The molecule has 2 rings (SSSR count). The lowest BCUT2D eigenvalue weighted by Crippen LogP contribution is -2.44. The molecule has 3 N–H and O–H groups in total. The van der Waals surface area contributed by atoms with Crippen LogP contribution in [-0.4, -0.2) is 43.1 Å². The zero-order chi connectivity index (χ0) is 26.9. The molecule has 2 aromatic rings. The molecule has 0 aromatic heterocycles. The molecule has 36 heavy (non-hydrogen) atoms. The minimum absolute atomic E-state index is 0.171. The molecule has 2 amide bonds. The van der Waals surface area contributed by atoms with E-state index in [1.807, 2.05) is 20.8 Å². The quantitative estimate of drug-likeness (QED) is 0.233. The summed E-state index contributed by atoms with van der Waals surface area (Å²) in [5.74, 6) is -1.83. The second-order valence-electron chi connectivity index (χ2n) is 9.02. The number of hydrogen-bond donors (Lipinski definition) is 3. The Bertz CT molecular complexity index is 1120. The van der Waals surface area contributed by atoms with Gasteiger partial charge in [-0.3, -0.25) is 14.4 Å². The molecule has 0 fully saturated rings. The number of carbonyl (C=O) groups excluding carboxylic acids is 3. The first-order valence-electron chi connectivity index (χ1n) is 11.2. The molecule has 0 bridgehead atoms. The summed E-state index contributed by atoms with van der Waals surface area (Å²) in [5, 5.41) is 8.66. The standard InChI is InChI=1S/C26H31ClFN3O5/c1-16(36-26(2,3)4)29-15-20(12-17-7-6-8-19(28)11-17)30-25(34)18-9-10-21(27)22(13-18)31-23(32)14-24(33)35-5/h6-11,13,20,29H,1,12,14-15H2,2-5H3,(H,30,34)(H,31,32)/t20-/m0/s1. The van der Waals surface area contributed by atoms with Crippen molar-refractivity contribution in [3.05, 3.63) is 76.9 Å². The number of rotatable bonds is 11. The van der Waals surface area contributed by atoms with Crippen LogP contribution in [-0.2, 0) is 25.5 Å². The van der Waals surface area contributed by atoms with Crippen LogP contribution < -0.4 is 16.0 Å². The number of nitrogens with one attached hydrogen (secondary N) is 3. The fourth-order valence-electron chi connectivity index (χ4n) is 3.19. The average Bonchev–Trinajstić information content (AvgIpc) is 2.77. The summed E-state index contributed by atoms with van der Waals surface area (Å²) in [6, 6.07) is 10.0. The number of esters is 1. The Balaban J connectivity index is 2.16. The summed E-state index contributed by atoms with van der Waals surface area (Å²) >= 11 is 6.15. The van der Waals surface area contributed by atoms with Crippen LogP contribution >= 0.6 is 11.6 Å². The van der Waals surface area contributed by atoms with Gasteiger partial charge in [-0.2, -0.15) is 0 Å². The molecule has 0 radical (unpaired) electrons. The average molecular weight is 520 g/mol. The summed E-state index contributed by atoms with van der Waals surface area (Å²) in [6.07, 6.45) is -0.166. The van der Waals surface area contributed by atoms with Crippen molar-refractivity contribution in [2.75, 3.05) is 19.0 Å². The predicted molar refractivity (Wildman–Crippen MR) is 136 cm³/mol. The third kappa shape index (κ3) is 9.95. The first-order chi connectivity index (χ1) is 16.9. The zero-order valence-electron chi connectivity index (χ0n) is 20.7. The van der Waals surface area contributed by atoms with Crippen LogP contribution in [0.1, 0.15) is 43.1 Å². The summed E-state index contributed by atoms with van der Waals surface area (Å²) < 4.78 is 23.9. The van der Waals surface area contributed by atoms with E-state index in [1.165, 1.54) is 37.4 Å². The topological polar surface area (TPSA) is 106 Å². The lowest BCUT2D eigenvalue weighted by atomic mass is 10.0. The molecule has 0 unspecified atom stereocenters. The normalized spacial score (nSPS) is 11.7. The van der Waals surface area contributed by atoms with Gasteiger partial charge in [-0.25, -0.2) is 4.39 Å². The van der Waals surface area contributed by atoms with E-state index >= 15 is 0 Å². The van der Waals surface area contributed by atoms with E-state index < -0.39 is 35.8 Å². The van der Waals surface area contributed by atoms with Crippen LogP contribution in [0.3, 0.4) is 0 Å². The van der Waals surface area contributed by atoms with Gasteiger partial charge in [0, 0.05) is 12.1 Å². The Morgan fingerprint density at radius 2 is 1.86 bits per heavy atom. The largest absolute Gasteiger partial charge is 0.474 e. The van der Waals surface area contributed by atoms with Crippen LogP contribution in [0.4, 0.5) is 10.1 Å². The number of methoxy groups -OCH3 is 1. The summed E-state index contributed by atoms with van der Waals surface area (Å²) in [5.41, 5.74) is 0.631. The van der Waals surface area contributed by atoms with Crippen molar-refractivity contribution in [3.8, 4) is 0 Å². The number of hydrogen-bond acceptors (Lipinski definition) is 6. The highest BCUT2D eigenvalue weighted by Crippen LogP contribution is 2.23. The highest BCUT2D eigenvalue weighted by atomic mass is 35.5. The minimum Gasteiger partial charge on any atom is -0.474 e. The van der Waals surface area contributed by atoms with E-state index in [1.54, 1.807) is 12.1 Å². The van der Waals surface area contributed by atoms with Gasteiger partial charge in [0.05, 0.1) is 23.9 Å². The van der Waals surface area contributed by atoms with Crippen molar-refractivity contribution in [3.63, 3.8) is 0 Å². The van der Waals surface area contributed by atoms with E-state index in [9.17, 15) is 18.8 Å². The Kier molecular flexibility index (Phi) is 10.3. The number of halogens is 2. The predicted octanol–water partition coefficient (Wildman–Crippen LogP) is 4.20. The molecule has 0 spiro atoms. The van der Waals surface area contributed by atoms with E-state index in [-0.39, 0.29) is 28.6 Å². The first-order valence-corrected chi connectivity index (χ1v) is 11.6. The molecule has 0 saturated carbocycles. The molecular weight excluding hydrogens is 489 g/mol. The smallest absolute Gasteiger partial charge is 0.315 e. The van der Waals surface area contributed by atoms with Crippen molar-refractivity contribution < 1.29 is 28.2 Å². The van der Waals surface area contributed by atoms with Crippen LogP contribution in [0.5, 0.6) is 0 Å². The SMILES string of the molecule is C=C(NC[C@H](Cc1cccc(F)c1)NC(=O)c1ccc(Cl)c(NC(=O)CC(=O)OC)c1)OC(C)(C)C. The second kappa shape index (κ2) is 12.9. The molecule has 2 aromatic carbocycles. The summed E-state index contributed by atoms with van der Waals surface area (Å²) in [4.78, 5) is 36.4. The highest BCUT2D eigenvalue weighted by molar-refractivity contribution is 6.34. The Morgan fingerprint density at radius 1 is 1.14 bits per heavy atom. The van der Waals surface area contributed by atoms with Gasteiger partial charge >= 0.3 is 5.97 Å². The molecular formula is C26H31ClFN3O5. The van der Waals surface area contributed by atoms with Gasteiger partial charge < -0.3 is 25.4 Å². The van der Waals surface area contributed by atoms with Gasteiger partial charge in [0.2, 0.25) is 5.91 Å². The van der Waals surface area contributed by atoms with Gasteiger partial charge in [0.1, 0.15) is 17.8 Å². The van der Waals surface area contributed by atoms with Gasteiger partial charge in [-0.05, 0) is 69.7 Å². The van der Waals surface area contributed by atoms with Gasteiger partial charge in [0.15, 0.2) is 5.88 Å². The molecule has 1 atom stereocenters. The van der Waals surface area contributed by atoms with Crippen molar-refractivity contribution in [1.82, 2.24) is 10.6 Å². The summed E-state index contributed by atoms with van der Waals surface area (Å²) in [7, 11) is 1.17. The number of ether oxygens (including phenoxy) is 2. The van der Waals surface area contributed by atoms with E-state index in [2.05, 4.69) is 27.3 Å². The lowest BCUT2D eigenvalue weighted by molar-refractivity contribution is -0.142. The molecule has 0 aliphatic carbocycles. The Hall–Kier alpha value is -3.59. The van der Waals surface area contributed by atoms with Crippen molar-refractivity contribution in [2.24, 2.45) is 0 Å². The second-order valence-corrected chi connectivity index (χ2v) is 9.43. The number of benzene rings is 2.